The largest absolute Gasteiger partial charge is 0.326 e. The minimum Gasteiger partial charge on any atom is -0.326 e. The number of hydrogen-bond donors (Lipinski definition) is 3. The first-order valence-electron chi connectivity index (χ1n) is 10.5. The monoisotopic (exact) mass is 438 g/mol. The van der Waals surface area contributed by atoms with E-state index in [0.29, 0.717) is 23.6 Å². The summed E-state index contributed by atoms with van der Waals surface area (Å²) in [6.07, 6.45) is 3.64. The van der Waals surface area contributed by atoms with Crippen molar-refractivity contribution in [2.75, 3.05) is 10.6 Å². The first kappa shape index (κ1) is 21.2. The lowest BCUT2D eigenvalue weighted by molar-refractivity contribution is -0.123. The highest BCUT2D eigenvalue weighted by Gasteiger charge is 2.22. The number of aromatic nitrogens is 2. The van der Waals surface area contributed by atoms with Crippen LogP contribution in [0, 0.1) is 5.41 Å². The lowest BCUT2D eigenvalue weighted by Gasteiger charge is -2.17. The van der Waals surface area contributed by atoms with Crippen molar-refractivity contribution < 1.29 is 9.59 Å². The number of nitrogens with one attached hydrogen (secondary N) is 3. The van der Waals surface area contributed by atoms with Crippen LogP contribution in [-0.2, 0) is 28.9 Å². The second-order valence-electron chi connectivity index (χ2n) is 8.88. The number of aromatic amines is 1. The predicted molar refractivity (Wildman–Crippen MR) is 124 cm³/mol. The van der Waals surface area contributed by atoms with Crippen molar-refractivity contribution in [2.45, 2.75) is 52.9 Å². The summed E-state index contributed by atoms with van der Waals surface area (Å²) in [5, 5.41) is 6.41. The summed E-state index contributed by atoms with van der Waals surface area (Å²) in [5.41, 5.74) is 1.89. The number of benzene rings is 1. The molecule has 2 aromatic heterocycles. The van der Waals surface area contributed by atoms with Crippen molar-refractivity contribution in [1.82, 2.24) is 9.97 Å². The Hall–Kier alpha value is -3.00. The van der Waals surface area contributed by atoms with Gasteiger partial charge in [0.25, 0.3) is 5.56 Å². The molecular weight excluding hydrogens is 412 g/mol. The number of nitrogens with zero attached hydrogens (tertiary/aromatic N) is 1. The lowest BCUT2D eigenvalue weighted by atomic mass is 9.95. The predicted octanol–water partition coefficient (Wildman–Crippen LogP) is 4.03. The molecule has 0 unspecified atom stereocenters. The summed E-state index contributed by atoms with van der Waals surface area (Å²) in [6, 6.07) is 7.00. The Kier molecular flexibility index (Phi) is 5.66. The van der Waals surface area contributed by atoms with Gasteiger partial charge in [-0.25, -0.2) is 4.98 Å². The third kappa shape index (κ3) is 4.69. The van der Waals surface area contributed by atoms with E-state index in [-0.39, 0.29) is 23.8 Å². The van der Waals surface area contributed by atoms with E-state index in [0.717, 1.165) is 35.0 Å². The highest BCUT2D eigenvalue weighted by atomic mass is 32.1. The maximum atomic E-state index is 12.5. The molecule has 0 spiro atoms. The zero-order valence-corrected chi connectivity index (χ0v) is 18.7. The zero-order valence-electron chi connectivity index (χ0n) is 17.9. The maximum absolute atomic E-state index is 12.5. The minimum atomic E-state index is -0.478. The Labute approximate surface area is 184 Å². The van der Waals surface area contributed by atoms with Crippen LogP contribution in [-0.4, -0.2) is 21.8 Å². The second kappa shape index (κ2) is 8.26. The maximum Gasteiger partial charge on any atom is 0.259 e. The van der Waals surface area contributed by atoms with E-state index in [1.165, 1.54) is 4.88 Å². The molecule has 0 radical (unpaired) electrons. The number of carbonyl (C=O) groups excluding carboxylic acids is 2. The highest BCUT2D eigenvalue weighted by molar-refractivity contribution is 7.18. The van der Waals surface area contributed by atoms with Gasteiger partial charge < -0.3 is 15.6 Å². The van der Waals surface area contributed by atoms with Crippen molar-refractivity contribution in [1.29, 1.82) is 0 Å². The third-order valence-electron chi connectivity index (χ3n) is 5.32. The molecule has 0 atom stereocenters. The van der Waals surface area contributed by atoms with Gasteiger partial charge in [-0.15, -0.1) is 11.3 Å². The molecule has 0 fully saturated rings. The fraction of sp³-hybridized carbons (Fsp3) is 0.391. The van der Waals surface area contributed by atoms with Crippen LogP contribution in [0.5, 0.6) is 0 Å². The van der Waals surface area contributed by atoms with Crippen molar-refractivity contribution in [3.05, 3.63) is 50.9 Å². The Morgan fingerprint density at radius 1 is 1.10 bits per heavy atom. The molecule has 1 aliphatic carbocycles. The molecule has 3 aromatic rings. The quantitative estimate of drug-likeness (QED) is 0.559. The fourth-order valence-corrected chi connectivity index (χ4v) is 4.86. The van der Waals surface area contributed by atoms with Gasteiger partial charge in [-0.1, -0.05) is 20.8 Å². The average Bonchev–Trinajstić information content (AvgIpc) is 3.28. The number of fused-ring (bicyclic) bond motifs is 3. The molecule has 0 aliphatic heterocycles. The number of rotatable bonds is 5. The Morgan fingerprint density at radius 3 is 2.45 bits per heavy atom. The Morgan fingerprint density at radius 2 is 1.77 bits per heavy atom. The van der Waals surface area contributed by atoms with Crippen LogP contribution >= 0.6 is 11.3 Å². The van der Waals surface area contributed by atoms with Gasteiger partial charge in [-0.2, -0.15) is 0 Å². The van der Waals surface area contributed by atoms with Gasteiger partial charge in [-0.05, 0) is 49.1 Å². The first-order valence-corrected chi connectivity index (χ1v) is 11.3. The van der Waals surface area contributed by atoms with E-state index in [2.05, 4.69) is 20.6 Å². The smallest absolute Gasteiger partial charge is 0.259 e. The number of anilines is 2. The van der Waals surface area contributed by atoms with E-state index >= 15 is 0 Å². The number of hydrogen-bond acceptors (Lipinski definition) is 5. The number of amides is 2. The molecule has 0 bridgehead atoms. The minimum absolute atomic E-state index is 0.0706. The summed E-state index contributed by atoms with van der Waals surface area (Å²) >= 11 is 1.60. The summed E-state index contributed by atoms with van der Waals surface area (Å²) in [7, 11) is 0. The Bertz CT molecular complexity index is 1200. The molecule has 162 valence electrons. The summed E-state index contributed by atoms with van der Waals surface area (Å²) in [4.78, 5) is 46.4. The van der Waals surface area contributed by atoms with E-state index in [4.69, 9.17) is 0 Å². The van der Waals surface area contributed by atoms with Gasteiger partial charge in [0.05, 0.1) is 5.39 Å². The topological polar surface area (TPSA) is 104 Å². The molecule has 1 aliphatic rings. The highest BCUT2D eigenvalue weighted by Crippen LogP contribution is 2.34. The molecule has 2 heterocycles. The normalized spacial score (nSPS) is 13.3. The average molecular weight is 439 g/mol. The van der Waals surface area contributed by atoms with Gasteiger partial charge in [0.1, 0.15) is 10.7 Å². The van der Waals surface area contributed by atoms with E-state index in [9.17, 15) is 14.4 Å². The summed E-state index contributed by atoms with van der Waals surface area (Å²) in [6.45, 7) is 5.55. The third-order valence-corrected chi connectivity index (χ3v) is 6.51. The SMILES string of the molecule is CC(C)(C)C(=O)Nc1ccc(NC(=O)CCc2nc3sc4c(c3c(=O)[nH]2)CCC4)cc1. The zero-order chi connectivity index (χ0) is 22.2. The molecule has 2 amide bonds. The molecule has 1 aromatic carbocycles. The number of carbonyl (C=O) groups is 2. The van der Waals surface area contributed by atoms with Crippen LogP contribution in [0.25, 0.3) is 10.2 Å². The lowest BCUT2D eigenvalue weighted by Crippen LogP contribution is -2.27. The molecule has 3 N–H and O–H groups in total. The molecule has 0 saturated carbocycles. The first-order chi connectivity index (χ1) is 14.7. The second-order valence-corrected chi connectivity index (χ2v) is 9.96. The van der Waals surface area contributed by atoms with Crippen LogP contribution < -0.4 is 16.2 Å². The molecule has 31 heavy (non-hydrogen) atoms. The van der Waals surface area contributed by atoms with Crippen LogP contribution in [0.1, 0.15) is 49.9 Å². The van der Waals surface area contributed by atoms with Crippen molar-refractivity contribution in [3.8, 4) is 0 Å². The van der Waals surface area contributed by atoms with Gasteiger partial charge >= 0.3 is 0 Å². The molecular formula is C23H26N4O3S. The standard InChI is InChI=1S/C23H26N4O3S/c1-23(2,3)22(30)25-14-9-7-13(8-10-14)24-18(28)12-11-17-26-20(29)19-15-5-4-6-16(15)31-21(19)27-17/h7-10H,4-6,11-12H2,1-3H3,(H,24,28)(H,25,30)(H,26,27,29). The van der Waals surface area contributed by atoms with Crippen LogP contribution in [0.4, 0.5) is 11.4 Å². The van der Waals surface area contributed by atoms with Crippen LogP contribution in [0.3, 0.4) is 0 Å². The van der Waals surface area contributed by atoms with Crippen LogP contribution in [0.15, 0.2) is 29.1 Å². The van der Waals surface area contributed by atoms with Crippen molar-refractivity contribution in [2.24, 2.45) is 5.41 Å². The molecule has 4 rings (SSSR count). The molecule has 0 saturated heterocycles. The number of H-pyrrole nitrogens is 1. The van der Waals surface area contributed by atoms with Gasteiger partial charge in [-0.3, -0.25) is 14.4 Å². The van der Waals surface area contributed by atoms with Crippen LogP contribution in [0.2, 0.25) is 0 Å². The summed E-state index contributed by atoms with van der Waals surface area (Å²) in [5.74, 6) is 0.300. The summed E-state index contributed by atoms with van der Waals surface area (Å²) < 4.78 is 0. The Balaban J connectivity index is 1.35. The van der Waals surface area contributed by atoms with Gasteiger partial charge in [0.2, 0.25) is 11.8 Å². The van der Waals surface area contributed by atoms with E-state index < -0.39 is 5.41 Å². The number of aryl methyl sites for hydroxylation is 3. The van der Waals surface area contributed by atoms with Gasteiger partial charge in [0, 0.05) is 34.5 Å². The van der Waals surface area contributed by atoms with Gasteiger partial charge in [0.15, 0.2) is 0 Å². The van der Waals surface area contributed by atoms with E-state index in [1.54, 1.807) is 35.6 Å². The molecule has 8 heteroatoms. The van der Waals surface area contributed by atoms with Crippen molar-refractivity contribution >= 4 is 44.7 Å². The molecule has 7 nitrogen and oxygen atoms in total. The fourth-order valence-electron chi connectivity index (χ4n) is 3.58. The van der Waals surface area contributed by atoms with E-state index in [1.807, 2.05) is 20.8 Å². The van der Waals surface area contributed by atoms with Crippen molar-refractivity contribution in [3.63, 3.8) is 0 Å². The number of thiophene rings is 1.